The van der Waals surface area contributed by atoms with Gasteiger partial charge >= 0.3 is 0 Å². The van der Waals surface area contributed by atoms with Crippen LogP contribution in [0, 0.1) is 0 Å². The lowest BCUT2D eigenvalue weighted by Crippen LogP contribution is -2.28. The lowest BCUT2D eigenvalue weighted by atomic mass is 10.1. The molecular formula is C15H14N4O2. The second-order valence-electron chi connectivity index (χ2n) is 4.66. The number of aromatic nitrogens is 3. The van der Waals surface area contributed by atoms with Gasteiger partial charge in [-0.15, -0.1) is 0 Å². The van der Waals surface area contributed by atoms with Crippen molar-refractivity contribution in [2.45, 2.75) is 6.10 Å². The smallest absolute Gasteiger partial charge is 0.251 e. The first kappa shape index (κ1) is 13.3. The molecule has 0 fully saturated rings. The predicted molar refractivity (Wildman–Crippen MR) is 77.6 cm³/mol. The number of aromatic amines is 1. The van der Waals surface area contributed by atoms with Gasteiger partial charge in [-0.3, -0.25) is 4.79 Å². The molecule has 3 aromatic rings. The molecule has 0 aliphatic rings. The zero-order chi connectivity index (χ0) is 14.7. The summed E-state index contributed by atoms with van der Waals surface area (Å²) in [6.45, 7) is 0.152. The van der Waals surface area contributed by atoms with Gasteiger partial charge in [0, 0.05) is 12.1 Å². The molecule has 0 saturated heterocycles. The maximum atomic E-state index is 12.1. The Morgan fingerprint density at radius 3 is 2.71 bits per heavy atom. The lowest BCUT2D eigenvalue weighted by Gasteiger charge is -2.12. The zero-order valence-corrected chi connectivity index (χ0v) is 11.2. The number of nitrogens with zero attached hydrogens (tertiary/aromatic N) is 2. The molecular weight excluding hydrogens is 268 g/mol. The maximum absolute atomic E-state index is 12.1. The van der Waals surface area contributed by atoms with Crippen LogP contribution in [0.15, 0.2) is 48.5 Å². The van der Waals surface area contributed by atoms with Crippen LogP contribution in [0.4, 0.5) is 0 Å². The number of carbonyl (C=O) groups excluding carboxylic acids is 1. The van der Waals surface area contributed by atoms with Gasteiger partial charge in [0.25, 0.3) is 5.91 Å². The second kappa shape index (κ2) is 5.72. The minimum absolute atomic E-state index is 0.152. The molecule has 3 N–H and O–H groups in total. The van der Waals surface area contributed by atoms with Crippen molar-refractivity contribution in [1.82, 2.24) is 20.7 Å². The molecule has 0 aliphatic heterocycles. The van der Waals surface area contributed by atoms with Gasteiger partial charge < -0.3 is 10.4 Å². The minimum Gasteiger partial charge on any atom is -0.387 e. The highest BCUT2D eigenvalue weighted by atomic mass is 16.3. The maximum Gasteiger partial charge on any atom is 0.251 e. The van der Waals surface area contributed by atoms with E-state index in [1.807, 2.05) is 30.3 Å². The minimum atomic E-state index is -0.731. The van der Waals surface area contributed by atoms with Crippen LogP contribution in [0.5, 0.6) is 0 Å². The van der Waals surface area contributed by atoms with Gasteiger partial charge in [0.05, 0.1) is 6.10 Å². The summed E-state index contributed by atoms with van der Waals surface area (Å²) in [5.74, 6) is -0.255. The fraction of sp³-hybridized carbons (Fsp3) is 0.133. The summed E-state index contributed by atoms with van der Waals surface area (Å²) < 4.78 is 0. The van der Waals surface area contributed by atoms with E-state index in [1.165, 1.54) is 0 Å². The highest BCUT2D eigenvalue weighted by Gasteiger charge is 2.11. The van der Waals surface area contributed by atoms with Crippen LogP contribution in [-0.4, -0.2) is 33.0 Å². The zero-order valence-electron chi connectivity index (χ0n) is 11.2. The average molecular weight is 282 g/mol. The van der Waals surface area contributed by atoms with Crippen molar-refractivity contribution in [2.24, 2.45) is 0 Å². The summed E-state index contributed by atoms with van der Waals surface area (Å²) in [5, 5.41) is 23.1. The number of rotatable bonds is 4. The SMILES string of the molecule is O=C(NCC(O)c1ccccc1)c1ccc2n[nH]nc2c1. The van der Waals surface area contributed by atoms with E-state index in [-0.39, 0.29) is 12.5 Å². The van der Waals surface area contributed by atoms with Gasteiger partial charge in [-0.05, 0) is 23.8 Å². The third kappa shape index (κ3) is 2.90. The number of fused-ring (bicyclic) bond motifs is 1. The van der Waals surface area contributed by atoms with Crippen LogP contribution in [0.3, 0.4) is 0 Å². The normalized spacial score (nSPS) is 12.2. The van der Waals surface area contributed by atoms with E-state index < -0.39 is 6.10 Å². The molecule has 106 valence electrons. The summed E-state index contributed by atoms with van der Waals surface area (Å²) in [5.41, 5.74) is 2.59. The molecule has 21 heavy (non-hydrogen) atoms. The molecule has 0 saturated carbocycles. The van der Waals surface area contributed by atoms with Gasteiger partial charge in [0.2, 0.25) is 0 Å². The molecule has 2 aromatic carbocycles. The Bertz CT molecular complexity index is 754. The van der Waals surface area contributed by atoms with Gasteiger partial charge in [-0.1, -0.05) is 30.3 Å². The molecule has 1 aromatic heterocycles. The number of nitrogens with one attached hydrogen (secondary N) is 2. The van der Waals surface area contributed by atoms with Crippen molar-refractivity contribution >= 4 is 16.9 Å². The van der Waals surface area contributed by atoms with Gasteiger partial charge in [0.15, 0.2) is 0 Å². The van der Waals surface area contributed by atoms with E-state index in [1.54, 1.807) is 18.2 Å². The van der Waals surface area contributed by atoms with Crippen LogP contribution in [0.2, 0.25) is 0 Å². The van der Waals surface area contributed by atoms with E-state index >= 15 is 0 Å². The number of aliphatic hydroxyl groups is 1. The summed E-state index contributed by atoms with van der Waals surface area (Å²) in [7, 11) is 0. The topological polar surface area (TPSA) is 90.9 Å². The van der Waals surface area contributed by atoms with Crippen LogP contribution < -0.4 is 5.32 Å². The molecule has 0 spiro atoms. The second-order valence-corrected chi connectivity index (χ2v) is 4.66. The first-order valence-electron chi connectivity index (χ1n) is 6.56. The highest BCUT2D eigenvalue weighted by Crippen LogP contribution is 2.12. The number of hydrogen-bond donors (Lipinski definition) is 3. The third-order valence-corrected chi connectivity index (χ3v) is 3.22. The molecule has 1 amide bonds. The Kier molecular flexibility index (Phi) is 3.61. The Labute approximate surface area is 120 Å². The van der Waals surface area contributed by atoms with Crippen LogP contribution >= 0.6 is 0 Å². The Hall–Kier alpha value is -2.73. The first-order chi connectivity index (χ1) is 10.2. The van der Waals surface area contributed by atoms with Gasteiger partial charge in [0.1, 0.15) is 11.0 Å². The van der Waals surface area contributed by atoms with Crippen molar-refractivity contribution in [3.05, 3.63) is 59.7 Å². The van der Waals surface area contributed by atoms with E-state index in [2.05, 4.69) is 20.7 Å². The first-order valence-corrected chi connectivity index (χ1v) is 6.56. The molecule has 1 atom stereocenters. The van der Waals surface area contributed by atoms with Crippen molar-refractivity contribution in [3.8, 4) is 0 Å². The Morgan fingerprint density at radius 1 is 1.14 bits per heavy atom. The number of H-pyrrole nitrogens is 1. The van der Waals surface area contributed by atoms with Crippen molar-refractivity contribution in [2.75, 3.05) is 6.54 Å². The molecule has 0 bridgehead atoms. The fourth-order valence-electron chi connectivity index (χ4n) is 2.07. The van der Waals surface area contributed by atoms with Crippen molar-refractivity contribution in [3.63, 3.8) is 0 Å². The van der Waals surface area contributed by atoms with Crippen molar-refractivity contribution in [1.29, 1.82) is 0 Å². The number of hydrogen-bond acceptors (Lipinski definition) is 4. The number of carbonyl (C=O) groups is 1. The van der Waals surface area contributed by atoms with Gasteiger partial charge in [-0.25, -0.2) is 0 Å². The third-order valence-electron chi connectivity index (χ3n) is 3.22. The number of benzene rings is 2. The van der Waals surface area contributed by atoms with E-state index in [9.17, 15) is 9.90 Å². The summed E-state index contributed by atoms with van der Waals surface area (Å²) in [4.78, 5) is 12.1. The average Bonchev–Trinajstić information content (AvgIpc) is 3.00. The number of amides is 1. The van der Waals surface area contributed by atoms with E-state index in [0.717, 1.165) is 5.56 Å². The highest BCUT2D eigenvalue weighted by molar-refractivity contribution is 5.97. The van der Waals surface area contributed by atoms with Gasteiger partial charge in [-0.2, -0.15) is 15.4 Å². The lowest BCUT2D eigenvalue weighted by molar-refractivity contribution is 0.0916. The fourth-order valence-corrected chi connectivity index (χ4v) is 2.07. The van der Waals surface area contributed by atoms with E-state index in [4.69, 9.17) is 0 Å². The summed E-state index contributed by atoms with van der Waals surface area (Å²) in [6, 6.07) is 14.3. The molecule has 0 radical (unpaired) electrons. The summed E-state index contributed by atoms with van der Waals surface area (Å²) in [6.07, 6.45) is -0.731. The molecule has 3 rings (SSSR count). The largest absolute Gasteiger partial charge is 0.387 e. The van der Waals surface area contributed by atoms with Crippen LogP contribution in [0.25, 0.3) is 11.0 Å². The molecule has 0 aliphatic carbocycles. The van der Waals surface area contributed by atoms with Crippen molar-refractivity contribution < 1.29 is 9.90 Å². The molecule has 6 heteroatoms. The Morgan fingerprint density at radius 2 is 1.90 bits per heavy atom. The quantitative estimate of drug-likeness (QED) is 0.675. The predicted octanol–water partition coefficient (Wildman–Crippen LogP) is 1.42. The number of aliphatic hydroxyl groups excluding tert-OH is 1. The van der Waals surface area contributed by atoms with Crippen LogP contribution in [-0.2, 0) is 0 Å². The monoisotopic (exact) mass is 282 g/mol. The summed E-state index contributed by atoms with van der Waals surface area (Å²) >= 11 is 0. The standard InChI is InChI=1S/C15H14N4O2/c20-14(10-4-2-1-3-5-10)9-16-15(21)11-6-7-12-13(8-11)18-19-17-12/h1-8,14,20H,9H2,(H,16,21)(H,17,18,19). The molecule has 6 nitrogen and oxygen atoms in total. The Balaban J connectivity index is 1.66. The van der Waals surface area contributed by atoms with Crippen LogP contribution in [0.1, 0.15) is 22.0 Å². The molecule has 1 heterocycles. The van der Waals surface area contributed by atoms with E-state index in [0.29, 0.717) is 16.6 Å². The molecule has 1 unspecified atom stereocenters.